The van der Waals surface area contributed by atoms with Crippen molar-refractivity contribution in [3.8, 4) is 5.75 Å². The molecule has 3 nitrogen and oxygen atoms in total. The Hall–Kier alpha value is -1.95. The van der Waals surface area contributed by atoms with Gasteiger partial charge in [0.2, 0.25) is 0 Å². The predicted molar refractivity (Wildman–Crippen MR) is 162 cm³/mol. The Balaban J connectivity index is 1.35. The summed E-state index contributed by atoms with van der Waals surface area (Å²) in [5.41, 5.74) is 2.86. The second kappa shape index (κ2) is 10.3. The van der Waals surface area contributed by atoms with Gasteiger partial charge in [-0.3, -0.25) is 9.69 Å². The van der Waals surface area contributed by atoms with E-state index in [9.17, 15) is 4.79 Å². The molecule has 4 aromatic rings. The number of fused-ring (bicyclic) bond motifs is 1. The van der Waals surface area contributed by atoms with Crippen LogP contribution >= 0.6 is 69.2 Å². The highest BCUT2D eigenvalue weighted by Crippen LogP contribution is 2.37. The molecule has 0 unspecified atom stereocenters. The summed E-state index contributed by atoms with van der Waals surface area (Å²) in [7, 11) is 0. The van der Waals surface area contributed by atoms with Crippen LogP contribution in [0.1, 0.15) is 11.1 Å². The number of carbonyl (C=O) groups is 1. The fourth-order valence-electron chi connectivity index (χ4n) is 3.70. The lowest BCUT2D eigenvalue weighted by Crippen LogP contribution is -2.27. The van der Waals surface area contributed by atoms with Crippen LogP contribution in [0.3, 0.4) is 0 Å². The third-order valence-electron chi connectivity index (χ3n) is 5.32. The van der Waals surface area contributed by atoms with E-state index in [4.69, 9.17) is 17.0 Å². The minimum Gasteiger partial charge on any atom is -0.487 e. The first-order chi connectivity index (χ1) is 16.5. The number of carbonyl (C=O) groups excluding carboxylic acids is 1. The summed E-state index contributed by atoms with van der Waals surface area (Å²) in [5.74, 6) is 0.756. The second-order valence-electron chi connectivity index (χ2n) is 7.64. The quantitative estimate of drug-likeness (QED) is 0.120. The molecular weight excluding hydrogens is 688 g/mol. The van der Waals surface area contributed by atoms with Crippen molar-refractivity contribution < 1.29 is 9.53 Å². The van der Waals surface area contributed by atoms with Crippen LogP contribution < -0.4 is 9.64 Å². The van der Waals surface area contributed by atoms with Gasteiger partial charge in [-0.2, -0.15) is 0 Å². The number of amides is 1. The number of thiocarbonyl (C=S) groups is 1. The molecule has 1 aliphatic rings. The van der Waals surface area contributed by atoms with Gasteiger partial charge in [0.25, 0.3) is 5.91 Å². The van der Waals surface area contributed by atoms with E-state index >= 15 is 0 Å². The van der Waals surface area contributed by atoms with Gasteiger partial charge in [0.15, 0.2) is 4.32 Å². The zero-order valence-corrected chi connectivity index (χ0v) is 23.7. The van der Waals surface area contributed by atoms with Gasteiger partial charge in [-0.05, 0) is 103 Å². The van der Waals surface area contributed by atoms with E-state index in [0.29, 0.717) is 15.8 Å². The van der Waals surface area contributed by atoms with Gasteiger partial charge < -0.3 is 4.74 Å². The summed E-state index contributed by atoms with van der Waals surface area (Å²) < 4.78 is 8.74. The number of benzene rings is 4. The van der Waals surface area contributed by atoms with E-state index in [1.165, 1.54) is 22.5 Å². The highest BCUT2D eigenvalue weighted by atomic mass is 127. The molecule has 0 radical (unpaired) electrons. The molecule has 0 bridgehead atoms. The Kier molecular flexibility index (Phi) is 7.24. The normalized spacial score (nSPS) is 14.9. The lowest BCUT2D eigenvalue weighted by atomic mass is 10.1. The largest absolute Gasteiger partial charge is 0.487 e. The van der Waals surface area contributed by atoms with E-state index in [1.54, 1.807) is 4.90 Å². The third kappa shape index (κ3) is 5.02. The van der Waals surface area contributed by atoms with Crippen molar-refractivity contribution >= 4 is 102 Å². The molecule has 1 saturated heterocycles. The highest BCUT2D eigenvalue weighted by molar-refractivity contribution is 14.1. The number of ether oxygens (including phenoxy) is 1. The number of anilines is 1. The fourth-order valence-corrected chi connectivity index (χ4v) is 7.13. The minimum absolute atomic E-state index is 0.0946. The van der Waals surface area contributed by atoms with Gasteiger partial charge >= 0.3 is 0 Å². The average Bonchev–Trinajstić information content (AvgIpc) is 3.11. The molecule has 0 spiro atoms. The number of hydrogen-bond donors (Lipinski definition) is 0. The number of halogens is 2. The monoisotopic (exact) mass is 705 g/mol. The summed E-state index contributed by atoms with van der Waals surface area (Å²) in [6, 6.07) is 28.3. The summed E-state index contributed by atoms with van der Waals surface area (Å²) in [6.45, 7) is 0.492. The van der Waals surface area contributed by atoms with E-state index in [1.807, 2.05) is 60.7 Å². The van der Waals surface area contributed by atoms with Crippen molar-refractivity contribution in [1.82, 2.24) is 0 Å². The van der Waals surface area contributed by atoms with Crippen LogP contribution in [0.4, 0.5) is 5.69 Å². The summed E-state index contributed by atoms with van der Waals surface area (Å²) in [5, 5.41) is 2.42. The van der Waals surface area contributed by atoms with Crippen molar-refractivity contribution in [2.24, 2.45) is 0 Å². The van der Waals surface area contributed by atoms with E-state index < -0.39 is 0 Å². The van der Waals surface area contributed by atoms with Gasteiger partial charge in [-0.25, -0.2) is 0 Å². The third-order valence-corrected chi connectivity index (χ3v) is 8.23. The number of hydrogen-bond acceptors (Lipinski definition) is 4. The topological polar surface area (TPSA) is 29.5 Å². The smallest absolute Gasteiger partial charge is 0.270 e. The van der Waals surface area contributed by atoms with Crippen molar-refractivity contribution in [3.05, 3.63) is 108 Å². The molecule has 1 amide bonds. The van der Waals surface area contributed by atoms with Gasteiger partial charge in [-0.15, -0.1) is 0 Å². The molecule has 0 N–H and O–H groups in total. The van der Waals surface area contributed by atoms with Crippen molar-refractivity contribution in [2.45, 2.75) is 6.61 Å². The molecule has 0 saturated carbocycles. The van der Waals surface area contributed by atoms with Crippen molar-refractivity contribution in [1.29, 1.82) is 0 Å². The molecule has 5 rings (SSSR count). The van der Waals surface area contributed by atoms with E-state index in [0.717, 1.165) is 29.7 Å². The average molecular weight is 705 g/mol. The van der Waals surface area contributed by atoms with Crippen molar-refractivity contribution in [3.63, 3.8) is 0 Å². The second-order valence-corrected chi connectivity index (χ2v) is 11.6. The molecule has 168 valence electrons. The molecule has 1 heterocycles. The van der Waals surface area contributed by atoms with Crippen molar-refractivity contribution in [2.75, 3.05) is 4.90 Å². The zero-order valence-electron chi connectivity index (χ0n) is 17.7. The molecular formula is C27H17I2NO2S2. The number of para-hydroxylation sites is 1. The van der Waals surface area contributed by atoms with Gasteiger partial charge in [0.05, 0.1) is 17.7 Å². The summed E-state index contributed by atoms with van der Waals surface area (Å²) in [4.78, 5) is 15.2. The summed E-state index contributed by atoms with van der Waals surface area (Å²) in [6.07, 6.45) is 1.90. The molecule has 0 aliphatic carbocycles. The first-order valence-electron chi connectivity index (χ1n) is 10.4. The lowest BCUT2D eigenvalue weighted by molar-refractivity contribution is -0.113. The van der Waals surface area contributed by atoms with Crippen LogP contribution in [0.15, 0.2) is 89.8 Å². The zero-order chi connectivity index (χ0) is 23.7. The molecule has 0 aromatic heterocycles. The first kappa shape index (κ1) is 23.8. The number of nitrogens with zero attached hydrogens (tertiary/aromatic N) is 1. The number of thioether (sulfide) groups is 1. The van der Waals surface area contributed by atoms with Gasteiger partial charge in [0, 0.05) is 0 Å². The van der Waals surface area contributed by atoms with Crippen LogP contribution in [0, 0.1) is 7.14 Å². The van der Waals surface area contributed by atoms with Crippen LogP contribution in [0.25, 0.3) is 16.8 Å². The molecule has 4 aromatic carbocycles. The van der Waals surface area contributed by atoms with Gasteiger partial charge in [0.1, 0.15) is 12.4 Å². The molecule has 7 heteroatoms. The molecule has 0 atom stereocenters. The Morgan fingerprint density at radius 1 is 0.882 bits per heavy atom. The first-order valence-corrected chi connectivity index (χ1v) is 13.8. The Labute approximate surface area is 234 Å². The van der Waals surface area contributed by atoms with Crippen LogP contribution in [0.5, 0.6) is 5.75 Å². The molecule has 1 fully saturated rings. The maximum atomic E-state index is 13.0. The Morgan fingerprint density at radius 3 is 2.29 bits per heavy atom. The SMILES string of the molecule is O=C1/C(=C\c2cc(I)c(OCc3ccc4ccccc4c3)c(I)c2)SC(=S)N1c1ccccc1. The van der Waals surface area contributed by atoms with E-state index in [2.05, 4.69) is 75.5 Å². The minimum atomic E-state index is -0.0946. The maximum absolute atomic E-state index is 13.0. The molecule has 1 aliphatic heterocycles. The Bertz CT molecular complexity index is 1430. The predicted octanol–water partition coefficient (Wildman–Crippen LogP) is 8.03. The Morgan fingerprint density at radius 2 is 1.56 bits per heavy atom. The fraction of sp³-hybridized carbons (Fsp3) is 0.0370. The van der Waals surface area contributed by atoms with Crippen LogP contribution in [-0.4, -0.2) is 10.2 Å². The van der Waals surface area contributed by atoms with E-state index in [-0.39, 0.29) is 5.91 Å². The summed E-state index contributed by atoms with van der Waals surface area (Å²) >= 11 is 11.4. The standard InChI is InChI=1S/C27H17I2NO2S2/c28-22-13-18(15-24-26(31)30(27(33)34-24)21-8-2-1-3-9-21)14-23(29)25(22)32-16-17-10-11-19-6-4-5-7-20(19)12-17/h1-15H,16H2/b24-15+. The van der Waals surface area contributed by atoms with Gasteiger partial charge in [-0.1, -0.05) is 78.6 Å². The van der Waals surface area contributed by atoms with Crippen LogP contribution in [-0.2, 0) is 11.4 Å². The highest BCUT2D eigenvalue weighted by Gasteiger charge is 2.33. The molecule has 34 heavy (non-hydrogen) atoms. The lowest BCUT2D eigenvalue weighted by Gasteiger charge is -2.14. The van der Waals surface area contributed by atoms with Crippen LogP contribution in [0.2, 0.25) is 0 Å². The maximum Gasteiger partial charge on any atom is 0.270 e. The number of rotatable bonds is 5.